The van der Waals surface area contributed by atoms with Crippen LogP contribution in [0.4, 0.5) is 0 Å². The van der Waals surface area contributed by atoms with Crippen LogP contribution < -0.4 is 0 Å². The Labute approximate surface area is 114 Å². The monoisotopic (exact) mass is 259 g/mol. The molecule has 1 aliphatic rings. The van der Waals surface area contributed by atoms with Crippen molar-refractivity contribution in [1.29, 1.82) is 0 Å². The van der Waals surface area contributed by atoms with Crippen LogP contribution in [0, 0.1) is 5.41 Å². The van der Waals surface area contributed by atoms with Gasteiger partial charge in [0, 0.05) is 11.6 Å². The molecule has 0 radical (unpaired) electrons. The first-order valence-electron chi connectivity index (χ1n) is 6.83. The van der Waals surface area contributed by atoms with E-state index in [9.17, 15) is 4.79 Å². The average molecular weight is 259 g/mol. The number of hydrogen-bond acceptors (Lipinski definition) is 3. The molecule has 1 aromatic rings. The molecule has 0 saturated heterocycles. The van der Waals surface area contributed by atoms with E-state index in [1.807, 2.05) is 30.3 Å². The highest BCUT2D eigenvalue weighted by atomic mass is 16.5. The molecule has 0 aromatic heterocycles. The second kappa shape index (κ2) is 5.16. The van der Waals surface area contributed by atoms with Gasteiger partial charge in [-0.3, -0.25) is 4.99 Å². The van der Waals surface area contributed by atoms with Crippen molar-refractivity contribution in [3.05, 3.63) is 35.9 Å². The summed E-state index contributed by atoms with van der Waals surface area (Å²) >= 11 is 0. The maximum absolute atomic E-state index is 12.1. The van der Waals surface area contributed by atoms with Crippen LogP contribution in [-0.2, 0) is 9.53 Å². The molecular weight excluding hydrogens is 238 g/mol. The van der Waals surface area contributed by atoms with Crippen molar-refractivity contribution in [2.24, 2.45) is 10.4 Å². The lowest BCUT2D eigenvalue weighted by atomic mass is 9.93. The highest BCUT2D eigenvalue weighted by Crippen LogP contribution is 2.64. The molecule has 1 aromatic carbocycles. The van der Waals surface area contributed by atoms with Gasteiger partial charge in [0.1, 0.15) is 0 Å². The smallest absolute Gasteiger partial charge is 0.334 e. The van der Waals surface area contributed by atoms with Crippen LogP contribution in [0.25, 0.3) is 0 Å². The Balaban J connectivity index is 2.28. The molecule has 3 nitrogen and oxygen atoms in total. The van der Waals surface area contributed by atoms with Gasteiger partial charge in [0.2, 0.25) is 0 Å². The van der Waals surface area contributed by atoms with Gasteiger partial charge in [0.15, 0.2) is 5.54 Å². The number of benzene rings is 1. The van der Waals surface area contributed by atoms with Crippen LogP contribution in [0.15, 0.2) is 35.3 Å². The highest BCUT2D eigenvalue weighted by Gasteiger charge is 2.71. The summed E-state index contributed by atoms with van der Waals surface area (Å²) in [7, 11) is 1.44. The van der Waals surface area contributed by atoms with Crippen molar-refractivity contribution < 1.29 is 9.53 Å². The second-order valence-electron chi connectivity index (χ2n) is 5.18. The quantitative estimate of drug-likeness (QED) is 0.601. The van der Waals surface area contributed by atoms with Crippen LogP contribution in [-0.4, -0.2) is 24.8 Å². The fraction of sp³-hybridized carbons (Fsp3) is 0.500. The third-order valence-electron chi connectivity index (χ3n) is 4.46. The molecule has 1 unspecified atom stereocenters. The van der Waals surface area contributed by atoms with Crippen molar-refractivity contribution >= 4 is 12.2 Å². The summed E-state index contributed by atoms with van der Waals surface area (Å²) < 4.78 is 4.97. The molecule has 0 N–H and O–H groups in total. The first-order valence-corrected chi connectivity index (χ1v) is 6.83. The summed E-state index contributed by atoms with van der Waals surface area (Å²) in [4.78, 5) is 16.7. The van der Waals surface area contributed by atoms with E-state index in [-0.39, 0.29) is 11.4 Å². The molecular formula is C16H21NO2. The van der Waals surface area contributed by atoms with Crippen LogP contribution >= 0.6 is 0 Å². The Morgan fingerprint density at radius 2 is 1.95 bits per heavy atom. The molecule has 102 valence electrons. The number of aliphatic imine (C=N–C) groups is 1. The number of esters is 1. The van der Waals surface area contributed by atoms with Gasteiger partial charge < -0.3 is 4.74 Å². The molecule has 2 rings (SSSR count). The van der Waals surface area contributed by atoms with Gasteiger partial charge in [-0.05, 0) is 24.8 Å². The van der Waals surface area contributed by atoms with Crippen LogP contribution in [0.2, 0.25) is 0 Å². The van der Waals surface area contributed by atoms with E-state index in [1.165, 1.54) is 7.11 Å². The van der Waals surface area contributed by atoms with E-state index < -0.39 is 5.54 Å². The first-order chi connectivity index (χ1) is 9.14. The standard InChI is InChI=1S/C16H21NO2/c1-4-15(5-2)12-16(15,14(18)19-3)17-11-13-9-7-6-8-10-13/h6-11H,4-5,12H2,1-3H3. The minimum absolute atomic E-state index is 0.0224. The minimum atomic E-state index is -0.666. The average Bonchev–Trinajstić information content (AvgIpc) is 3.15. The molecule has 0 amide bonds. The third-order valence-corrected chi connectivity index (χ3v) is 4.46. The lowest BCUT2D eigenvalue weighted by Gasteiger charge is -2.18. The summed E-state index contributed by atoms with van der Waals surface area (Å²) in [5, 5.41) is 0. The normalized spacial score (nSPS) is 24.4. The zero-order valence-corrected chi connectivity index (χ0v) is 11.8. The molecule has 1 aliphatic carbocycles. The van der Waals surface area contributed by atoms with Gasteiger partial charge in [-0.15, -0.1) is 0 Å². The lowest BCUT2D eigenvalue weighted by molar-refractivity contribution is -0.144. The van der Waals surface area contributed by atoms with Gasteiger partial charge in [0.05, 0.1) is 7.11 Å². The SMILES string of the molecule is CCC1(CC)CC1(N=Cc1ccccc1)C(=O)OC. The Morgan fingerprint density at radius 1 is 1.32 bits per heavy atom. The number of carbonyl (C=O) groups excluding carboxylic acids is 1. The lowest BCUT2D eigenvalue weighted by Crippen LogP contribution is -2.29. The second-order valence-corrected chi connectivity index (χ2v) is 5.18. The summed E-state index contributed by atoms with van der Waals surface area (Å²) in [6, 6.07) is 9.86. The Morgan fingerprint density at radius 3 is 2.42 bits per heavy atom. The molecule has 0 aliphatic heterocycles. The summed E-state index contributed by atoms with van der Waals surface area (Å²) in [6.07, 6.45) is 4.49. The number of hydrogen-bond donors (Lipinski definition) is 0. The Kier molecular flexibility index (Phi) is 3.74. The van der Waals surface area contributed by atoms with Crippen LogP contribution in [0.1, 0.15) is 38.7 Å². The third kappa shape index (κ3) is 2.18. The Hall–Kier alpha value is -1.64. The van der Waals surface area contributed by atoms with E-state index >= 15 is 0 Å². The van der Waals surface area contributed by atoms with E-state index in [4.69, 9.17) is 4.74 Å². The van der Waals surface area contributed by atoms with Gasteiger partial charge in [-0.2, -0.15) is 0 Å². The van der Waals surface area contributed by atoms with E-state index in [2.05, 4.69) is 18.8 Å². The summed E-state index contributed by atoms with van der Waals surface area (Å²) in [5.74, 6) is -0.205. The molecule has 19 heavy (non-hydrogen) atoms. The number of nitrogens with zero attached hydrogens (tertiary/aromatic N) is 1. The van der Waals surface area contributed by atoms with Crippen molar-refractivity contribution in [2.75, 3.05) is 7.11 Å². The van der Waals surface area contributed by atoms with Crippen molar-refractivity contribution in [3.8, 4) is 0 Å². The largest absolute Gasteiger partial charge is 0.467 e. The van der Waals surface area contributed by atoms with Gasteiger partial charge in [-0.25, -0.2) is 4.79 Å². The predicted octanol–water partition coefficient (Wildman–Crippen LogP) is 3.23. The fourth-order valence-corrected chi connectivity index (χ4v) is 2.95. The minimum Gasteiger partial charge on any atom is -0.467 e. The van der Waals surface area contributed by atoms with Crippen LogP contribution in [0.3, 0.4) is 0 Å². The van der Waals surface area contributed by atoms with Gasteiger partial charge in [0.25, 0.3) is 0 Å². The number of carbonyl (C=O) groups is 1. The topological polar surface area (TPSA) is 38.7 Å². The van der Waals surface area contributed by atoms with E-state index in [0.29, 0.717) is 0 Å². The molecule has 1 atom stereocenters. The maximum atomic E-state index is 12.1. The molecule has 3 heteroatoms. The zero-order valence-electron chi connectivity index (χ0n) is 11.8. The molecule has 0 bridgehead atoms. The number of methoxy groups -OCH3 is 1. The summed E-state index contributed by atoms with van der Waals surface area (Å²) in [6.45, 7) is 4.23. The molecule has 0 spiro atoms. The number of rotatable bonds is 5. The van der Waals surface area contributed by atoms with Gasteiger partial charge in [-0.1, -0.05) is 44.2 Å². The maximum Gasteiger partial charge on any atom is 0.334 e. The Bertz CT molecular complexity index is 477. The zero-order chi connectivity index (χ0) is 13.9. The fourth-order valence-electron chi connectivity index (χ4n) is 2.95. The van der Waals surface area contributed by atoms with Crippen molar-refractivity contribution in [1.82, 2.24) is 0 Å². The molecule has 1 fully saturated rings. The summed E-state index contributed by atoms with van der Waals surface area (Å²) in [5.41, 5.74) is 0.325. The van der Waals surface area contributed by atoms with Crippen LogP contribution in [0.5, 0.6) is 0 Å². The van der Waals surface area contributed by atoms with Crippen molar-refractivity contribution in [2.45, 2.75) is 38.6 Å². The molecule has 1 saturated carbocycles. The molecule has 0 heterocycles. The van der Waals surface area contributed by atoms with Gasteiger partial charge >= 0.3 is 5.97 Å². The first kappa shape index (κ1) is 13.8. The van der Waals surface area contributed by atoms with E-state index in [1.54, 1.807) is 6.21 Å². The highest BCUT2D eigenvalue weighted by molar-refractivity contribution is 5.91. The predicted molar refractivity (Wildman–Crippen MR) is 76.4 cm³/mol. The van der Waals surface area contributed by atoms with E-state index in [0.717, 1.165) is 24.8 Å². The number of ether oxygens (including phenoxy) is 1. The van der Waals surface area contributed by atoms with Crippen molar-refractivity contribution in [3.63, 3.8) is 0 Å².